The molecule has 0 radical (unpaired) electrons. The Hall–Kier alpha value is -0.570. The fourth-order valence-corrected chi connectivity index (χ4v) is 3.37. The molecule has 1 aliphatic carbocycles. The second-order valence-electron chi connectivity index (χ2n) is 5.99. The Morgan fingerprint density at radius 1 is 1.47 bits per heavy atom. The maximum atomic E-state index is 11.2. The Labute approximate surface area is 104 Å². The Bertz CT molecular complexity index is 262. The van der Waals surface area contributed by atoms with Gasteiger partial charge in [0, 0.05) is 0 Å². The smallest absolute Gasteiger partial charge is 0.309 e. The van der Waals surface area contributed by atoms with E-state index in [-0.39, 0.29) is 0 Å². The monoisotopic (exact) mass is 242 g/mol. The minimum Gasteiger partial charge on any atom is -0.481 e. The lowest BCUT2D eigenvalue weighted by Gasteiger charge is -2.41. The van der Waals surface area contributed by atoms with Crippen molar-refractivity contribution in [3.05, 3.63) is 0 Å². The van der Waals surface area contributed by atoms with Gasteiger partial charge in [-0.3, -0.25) is 4.79 Å². The highest BCUT2D eigenvalue weighted by molar-refractivity contribution is 5.71. The molecule has 0 aromatic rings. The molecule has 0 saturated heterocycles. The summed E-state index contributed by atoms with van der Waals surface area (Å²) in [5.41, 5.74) is -0.974. The van der Waals surface area contributed by atoms with E-state index in [1.807, 2.05) is 6.92 Å². The maximum Gasteiger partial charge on any atom is 0.309 e. The third-order valence-corrected chi connectivity index (χ3v) is 4.02. The first-order chi connectivity index (χ1) is 7.89. The maximum absolute atomic E-state index is 11.2. The van der Waals surface area contributed by atoms with Crippen LogP contribution in [0.25, 0.3) is 0 Å². The van der Waals surface area contributed by atoms with E-state index in [0.29, 0.717) is 31.1 Å². The van der Waals surface area contributed by atoms with Gasteiger partial charge >= 0.3 is 5.97 Å². The number of carboxylic acids is 1. The third kappa shape index (κ3) is 3.70. The summed E-state index contributed by atoms with van der Waals surface area (Å²) in [6.45, 7) is 6.22. The molecule has 0 aromatic heterocycles. The zero-order chi connectivity index (χ0) is 13.1. The molecule has 0 aromatic carbocycles. The summed E-state index contributed by atoms with van der Waals surface area (Å²) in [5, 5.41) is 19.8. The summed E-state index contributed by atoms with van der Waals surface area (Å²) in [6, 6.07) is 0. The van der Waals surface area contributed by atoms with Crippen molar-refractivity contribution in [2.45, 2.75) is 64.9 Å². The normalized spacial score (nSPS) is 31.5. The van der Waals surface area contributed by atoms with Gasteiger partial charge in [0.25, 0.3) is 0 Å². The van der Waals surface area contributed by atoms with E-state index in [0.717, 1.165) is 19.3 Å². The van der Waals surface area contributed by atoms with Crippen LogP contribution >= 0.6 is 0 Å². The number of carboxylic acid groups (broad SMARTS) is 1. The van der Waals surface area contributed by atoms with E-state index >= 15 is 0 Å². The predicted octanol–water partition coefficient (Wildman–Crippen LogP) is 3.06. The van der Waals surface area contributed by atoms with Crippen LogP contribution in [0, 0.1) is 17.8 Å². The standard InChI is InChI=1S/C14H26O3/c1-4-12(13(15)16)14(17)7-5-6-11(9-14)8-10(2)3/h10-12,17H,4-9H2,1-3H3,(H,15,16). The second-order valence-corrected chi connectivity index (χ2v) is 5.99. The van der Waals surface area contributed by atoms with Gasteiger partial charge in [-0.2, -0.15) is 0 Å². The summed E-state index contributed by atoms with van der Waals surface area (Å²) < 4.78 is 0. The Morgan fingerprint density at radius 3 is 2.59 bits per heavy atom. The van der Waals surface area contributed by atoms with E-state index in [2.05, 4.69) is 13.8 Å². The van der Waals surface area contributed by atoms with Crippen LogP contribution in [0.15, 0.2) is 0 Å². The molecule has 3 unspecified atom stereocenters. The molecule has 0 amide bonds. The van der Waals surface area contributed by atoms with Crippen LogP contribution in [0.4, 0.5) is 0 Å². The van der Waals surface area contributed by atoms with Gasteiger partial charge < -0.3 is 10.2 Å². The highest BCUT2D eigenvalue weighted by Gasteiger charge is 2.43. The fourth-order valence-electron chi connectivity index (χ4n) is 3.37. The van der Waals surface area contributed by atoms with E-state index in [1.165, 1.54) is 0 Å². The molecular weight excluding hydrogens is 216 g/mol. The Kier molecular flexibility index (Phi) is 4.99. The number of hydrogen-bond acceptors (Lipinski definition) is 2. The number of hydrogen-bond donors (Lipinski definition) is 2. The molecule has 1 saturated carbocycles. The van der Waals surface area contributed by atoms with Gasteiger partial charge in [-0.15, -0.1) is 0 Å². The van der Waals surface area contributed by atoms with Crippen LogP contribution in [0.2, 0.25) is 0 Å². The molecule has 0 heterocycles. The van der Waals surface area contributed by atoms with Crippen LogP contribution in [-0.2, 0) is 4.79 Å². The average molecular weight is 242 g/mol. The first-order valence-electron chi connectivity index (χ1n) is 6.84. The molecule has 3 heteroatoms. The average Bonchev–Trinajstić information content (AvgIpc) is 2.15. The molecule has 0 spiro atoms. The van der Waals surface area contributed by atoms with Gasteiger partial charge in [0.1, 0.15) is 0 Å². The van der Waals surface area contributed by atoms with Crippen molar-refractivity contribution in [2.75, 3.05) is 0 Å². The van der Waals surface area contributed by atoms with Crippen molar-refractivity contribution in [3.8, 4) is 0 Å². The van der Waals surface area contributed by atoms with E-state index in [9.17, 15) is 15.0 Å². The van der Waals surface area contributed by atoms with E-state index in [1.54, 1.807) is 0 Å². The lowest BCUT2D eigenvalue weighted by molar-refractivity contribution is -0.156. The molecule has 17 heavy (non-hydrogen) atoms. The van der Waals surface area contributed by atoms with Crippen molar-refractivity contribution < 1.29 is 15.0 Å². The molecule has 1 rings (SSSR count). The van der Waals surface area contributed by atoms with Gasteiger partial charge in [-0.25, -0.2) is 0 Å². The molecule has 2 N–H and O–H groups in total. The zero-order valence-electron chi connectivity index (χ0n) is 11.3. The van der Waals surface area contributed by atoms with Gasteiger partial charge in [0.15, 0.2) is 0 Å². The summed E-state index contributed by atoms with van der Waals surface area (Å²) in [5.74, 6) is -0.341. The number of rotatable bonds is 5. The topological polar surface area (TPSA) is 57.5 Å². The zero-order valence-corrected chi connectivity index (χ0v) is 11.3. The van der Waals surface area contributed by atoms with Crippen LogP contribution < -0.4 is 0 Å². The largest absolute Gasteiger partial charge is 0.481 e. The molecule has 1 fully saturated rings. The Balaban J connectivity index is 2.71. The molecular formula is C14H26O3. The van der Waals surface area contributed by atoms with Gasteiger partial charge in [-0.05, 0) is 37.5 Å². The highest BCUT2D eigenvalue weighted by atomic mass is 16.4. The summed E-state index contributed by atoms with van der Waals surface area (Å²) >= 11 is 0. The molecule has 0 aliphatic heterocycles. The van der Waals surface area contributed by atoms with Gasteiger partial charge in [-0.1, -0.05) is 33.6 Å². The second kappa shape index (κ2) is 5.85. The molecule has 3 nitrogen and oxygen atoms in total. The van der Waals surface area contributed by atoms with E-state index in [4.69, 9.17) is 0 Å². The van der Waals surface area contributed by atoms with Crippen molar-refractivity contribution in [3.63, 3.8) is 0 Å². The predicted molar refractivity (Wildman–Crippen MR) is 67.8 cm³/mol. The summed E-state index contributed by atoms with van der Waals surface area (Å²) in [4.78, 5) is 11.2. The van der Waals surface area contributed by atoms with Crippen molar-refractivity contribution in [1.82, 2.24) is 0 Å². The molecule has 0 bridgehead atoms. The number of aliphatic carboxylic acids is 1. The lowest BCUT2D eigenvalue weighted by Crippen LogP contribution is -2.46. The first-order valence-corrected chi connectivity index (χ1v) is 6.84. The first kappa shape index (κ1) is 14.5. The molecule has 3 atom stereocenters. The summed E-state index contributed by atoms with van der Waals surface area (Å²) in [7, 11) is 0. The van der Waals surface area contributed by atoms with Crippen LogP contribution in [0.5, 0.6) is 0 Å². The minimum absolute atomic E-state index is 0.488. The summed E-state index contributed by atoms with van der Waals surface area (Å²) in [6.07, 6.45) is 5.01. The minimum atomic E-state index is -0.974. The highest BCUT2D eigenvalue weighted by Crippen LogP contribution is 2.41. The van der Waals surface area contributed by atoms with Crippen molar-refractivity contribution >= 4 is 5.97 Å². The van der Waals surface area contributed by atoms with Crippen LogP contribution in [0.1, 0.15) is 59.3 Å². The lowest BCUT2D eigenvalue weighted by atomic mass is 9.69. The number of aliphatic hydroxyl groups is 1. The third-order valence-electron chi connectivity index (χ3n) is 4.02. The quantitative estimate of drug-likeness (QED) is 0.779. The van der Waals surface area contributed by atoms with Crippen LogP contribution in [0.3, 0.4) is 0 Å². The molecule has 100 valence electrons. The van der Waals surface area contributed by atoms with Crippen molar-refractivity contribution in [1.29, 1.82) is 0 Å². The molecule has 1 aliphatic rings. The fraction of sp³-hybridized carbons (Fsp3) is 0.929. The van der Waals surface area contributed by atoms with Gasteiger partial charge in [0.2, 0.25) is 0 Å². The van der Waals surface area contributed by atoms with E-state index < -0.39 is 17.5 Å². The van der Waals surface area contributed by atoms with Crippen molar-refractivity contribution in [2.24, 2.45) is 17.8 Å². The number of carbonyl (C=O) groups is 1. The SMILES string of the molecule is CCC(C(=O)O)C1(O)CCCC(CC(C)C)C1. The Morgan fingerprint density at radius 2 is 2.12 bits per heavy atom. The van der Waals surface area contributed by atoms with Gasteiger partial charge in [0.05, 0.1) is 11.5 Å². The van der Waals surface area contributed by atoms with Crippen LogP contribution in [-0.4, -0.2) is 21.8 Å².